The highest BCUT2D eigenvalue weighted by Crippen LogP contribution is 2.20. The van der Waals surface area contributed by atoms with Gasteiger partial charge in [-0.3, -0.25) is 9.59 Å². The van der Waals surface area contributed by atoms with Crippen molar-refractivity contribution >= 4 is 29.1 Å². The van der Waals surface area contributed by atoms with Gasteiger partial charge in [-0.25, -0.2) is 0 Å². The average Bonchev–Trinajstić information content (AvgIpc) is 2.98. The van der Waals surface area contributed by atoms with Crippen molar-refractivity contribution in [3.05, 3.63) is 41.1 Å². The summed E-state index contributed by atoms with van der Waals surface area (Å²) >= 11 is 5.97. The topological polar surface area (TPSA) is 85.2 Å². The van der Waals surface area contributed by atoms with Crippen LogP contribution in [0.15, 0.2) is 36.0 Å². The minimum absolute atomic E-state index is 0.0350. The van der Waals surface area contributed by atoms with Crippen LogP contribution in [0.5, 0.6) is 0 Å². The molecular weight excluding hydrogens is 328 g/mol. The number of nitrogens with one attached hydrogen (secondary N) is 2. The van der Waals surface area contributed by atoms with Crippen LogP contribution in [-0.4, -0.2) is 36.3 Å². The highest BCUT2D eigenvalue weighted by atomic mass is 35.5. The number of rotatable bonds is 7. The van der Waals surface area contributed by atoms with Crippen LogP contribution in [0.1, 0.15) is 19.3 Å². The molecule has 0 aliphatic carbocycles. The zero-order chi connectivity index (χ0) is 17.4. The van der Waals surface area contributed by atoms with E-state index in [4.69, 9.17) is 16.9 Å². The second-order valence-electron chi connectivity index (χ2n) is 5.40. The van der Waals surface area contributed by atoms with E-state index in [9.17, 15) is 9.59 Å². The molecule has 0 aromatic heterocycles. The Hall–Kier alpha value is -2.52. The molecule has 0 atom stereocenters. The number of likely N-dealkylation sites (tertiary alicyclic amines) is 1. The molecule has 1 aliphatic rings. The van der Waals surface area contributed by atoms with Crippen molar-refractivity contribution in [2.45, 2.75) is 19.3 Å². The molecule has 1 aromatic rings. The molecule has 2 amide bonds. The first-order valence-electron chi connectivity index (χ1n) is 7.79. The normalized spacial score (nSPS) is 14.4. The predicted molar refractivity (Wildman–Crippen MR) is 92.2 cm³/mol. The molecular formula is C17H19ClN4O2. The Kier molecular flexibility index (Phi) is 6.64. The van der Waals surface area contributed by atoms with Crippen LogP contribution >= 0.6 is 11.6 Å². The Morgan fingerprint density at radius 2 is 2.21 bits per heavy atom. The van der Waals surface area contributed by atoms with Crippen LogP contribution in [0.2, 0.25) is 5.02 Å². The molecule has 6 nitrogen and oxygen atoms in total. The zero-order valence-electron chi connectivity index (χ0n) is 13.2. The van der Waals surface area contributed by atoms with E-state index in [-0.39, 0.29) is 11.5 Å². The second-order valence-corrected chi connectivity index (χ2v) is 5.80. The third kappa shape index (κ3) is 5.00. The number of anilines is 1. The van der Waals surface area contributed by atoms with Crippen LogP contribution in [0.3, 0.4) is 0 Å². The van der Waals surface area contributed by atoms with Gasteiger partial charge in [0.25, 0.3) is 5.91 Å². The molecule has 0 radical (unpaired) electrons. The summed E-state index contributed by atoms with van der Waals surface area (Å²) in [7, 11) is 0. The number of nitriles is 1. The Labute approximate surface area is 146 Å². The van der Waals surface area contributed by atoms with Crippen molar-refractivity contribution in [1.29, 1.82) is 5.26 Å². The van der Waals surface area contributed by atoms with Crippen LogP contribution in [0.4, 0.5) is 5.69 Å². The van der Waals surface area contributed by atoms with Gasteiger partial charge in [-0.2, -0.15) is 5.26 Å². The maximum atomic E-state index is 12.1. The van der Waals surface area contributed by atoms with Gasteiger partial charge in [-0.05, 0) is 25.0 Å². The first-order chi connectivity index (χ1) is 11.6. The van der Waals surface area contributed by atoms with Gasteiger partial charge in [0.15, 0.2) is 0 Å². The fourth-order valence-electron chi connectivity index (χ4n) is 2.39. The Morgan fingerprint density at radius 3 is 2.88 bits per heavy atom. The molecule has 1 fully saturated rings. The number of carbonyl (C=O) groups excluding carboxylic acids is 2. The standard InChI is InChI=1S/C17H19ClN4O2/c18-14-5-1-2-6-15(14)21-17(24)13(11-19)12-20-8-4-10-22-9-3-7-16(22)23/h1-2,5-6,12,20H,3-4,7-10H2,(H,21,24)/b13-12-. The average molecular weight is 347 g/mol. The van der Waals surface area contributed by atoms with E-state index >= 15 is 0 Å². The summed E-state index contributed by atoms with van der Waals surface area (Å²) < 4.78 is 0. The lowest BCUT2D eigenvalue weighted by Crippen LogP contribution is -2.27. The van der Waals surface area contributed by atoms with Gasteiger partial charge in [0.05, 0.1) is 10.7 Å². The summed E-state index contributed by atoms with van der Waals surface area (Å²) in [6.07, 6.45) is 3.70. The van der Waals surface area contributed by atoms with Crippen molar-refractivity contribution in [2.75, 3.05) is 25.0 Å². The van der Waals surface area contributed by atoms with Crippen molar-refractivity contribution in [2.24, 2.45) is 0 Å². The highest BCUT2D eigenvalue weighted by Gasteiger charge is 2.18. The summed E-state index contributed by atoms with van der Waals surface area (Å²) in [4.78, 5) is 25.4. The van der Waals surface area contributed by atoms with Crippen LogP contribution in [0, 0.1) is 11.3 Å². The number of halogens is 1. The third-order valence-corrected chi connectivity index (χ3v) is 3.98. The molecule has 24 heavy (non-hydrogen) atoms. The summed E-state index contributed by atoms with van der Waals surface area (Å²) in [6, 6.07) is 8.68. The summed E-state index contributed by atoms with van der Waals surface area (Å²) in [5.41, 5.74) is 0.421. The lowest BCUT2D eigenvalue weighted by molar-refractivity contribution is -0.127. The smallest absolute Gasteiger partial charge is 0.267 e. The summed E-state index contributed by atoms with van der Waals surface area (Å²) in [5.74, 6) is -0.324. The number of benzene rings is 1. The SMILES string of the molecule is N#C/C(=C/NCCCN1CCCC1=O)C(=O)Nc1ccccc1Cl. The van der Waals surface area contributed by atoms with E-state index in [2.05, 4.69) is 10.6 Å². The number of hydrogen-bond acceptors (Lipinski definition) is 4. The minimum atomic E-state index is -0.521. The molecule has 1 aromatic carbocycles. The molecule has 1 aliphatic heterocycles. The lowest BCUT2D eigenvalue weighted by Gasteiger charge is -2.14. The van der Waals surface area contributed by atoms with Crippen LogP contribution in [0.25, 0.3) is 0 Å². The van der Waals surface area contributed by atoms with E-state index in [1.54, 1.807) is 24.3 Å². The van der Waals surface area contributed by atoms with Crippen molar-refractivity contribution in [3.63, 3.8) is 0 Å². The monoisotopic (exact) mass is 346 g/mol. The van der Waals surface area contributed by atoms with Crippen molar-refractivity contribution in [3.8, 4) is 6.07 Å². The number of carbonyl (C=O) groups is 2. The molecule has 0 unspecified atom stereocenters. The Balaban J connectivity index is 1.78. The second kappa shape index (κ2) is 8.94. The molecule has 1 heterocycles. The molecule has 1 saturated heterocycles. The fraction of sp³-hybridized carbons (Fsp3) is 0.353. The minimum Gasteiger partial charge on any atom is -0.390 e. The number of hydrogen-bond donors (Lipinski definition) is 2. The fourth-order valence-corrected chi connectivity index (χ4v) is 2.57. The predicted octanol–water partition coefficient (Wildman–Crippen LogP) is 2.29. The summed E-state index contributed by atoms with van der Waals surface area (Å²) in [6.45, 7) is 2.08. The maximum absolute atomic E-state index is 12.1. The van der Waals surface area contributed by atoms with E-state index < -0.39 is 5.91 Å². The van der Waals surface area contributed by atoms with Gasteiger partial charge in [0, 0.05) is 32.3 Å². The molecule has 0 bridgehead atoms. The van der Waals surface area contributed by atoms with Gasteiger partial charge >= 0.3 is 0 Å². The van der Waals surface area contributed by atoms with Gasteiger partial charge < -0.3 is 15.5 Å². The van der Waals surface area contributed by atoms with E-state index in [1.807, 2.05) is 11.0 Å². The molecule has 0 saturated carbocycles. The number of para-hydroxylation sites is 1. The van der Waals surface area contributed by atoms with Crippen molar-refractivity contribution < 1.29 is 9.59 Å². The molecule has 0 spiro atoms. The van der Waals surface area contributed by atoms with Gasteiger partial charge in [0.1, 0.15) is 11.6 Å². The van der Waals surface area contributed by atoms with Crippen molar-refractivity contribution in [1.82, 2.24) is 10.2 Å². The maximum Gasteiger partial charge on any atom is 0.267 e. The summed E-state index contributed by atoms with van der Waals surface area (Å²) in [5, 5.41) is 15.0. The highest BCUT2D eigenvalue weighted by molar-refractivity contribution is 6.33. The van der Waals surface area contributed by atoms with E-state index in [0.717, 1.165) is 19.4 Å². The van der Waals surface area contributed by atoms with Crippen LogP contribution in [-0.2, 0) is 9.59 Å². The lowest BCUT2D eigenvalue weighted by atomic mass is 10.2. The number of nitrogens with zero attached hydrogens (tertiary/aromatic N) is 2. The molecule has 126 valence electrons. The van der Waals surface area contributed by atoms with Crippen LogP contribution < -0.4 is 10.6 Å². The Morgan fingerprint density at radius 1 is 1.42 bits per heavy atom. The Bertz CT molecular complexity index is 681. The quantitative estimate of drug-likeness (QED) is 0.450. The van der Waals surface area contributed by atoms with E-state index in [0.29, 0.717) is 30.2 Å². The van der Waals surface area contributed by atoms with E-state index in [1.165, 1.54) is 6.20 Å². The molecule has 2 rings (SSSR count). The molecule has 2 N–H and O–H groups in total. The third-order valence-electron chi connectivity index (χ3n) is 3.65. The van der Waals surface area contributed by atoms with Gasteiger partial charge in [-0.15, -0.1) is 0 Å². The molecule has 7 heteroatoms. The number of amides is 2. The van der Waals surface area contributed by atoms with Gasteiger partial charge in [-0.1, -0.05) is 23.7 Å². The first kappa shape index (κ1) is 17.8. The largest absolute Gasteiger partial charge is 0.390 e. The van der Waals surface area contributed by atoms with Gasteiger partial charge in [0.2, 0.25) is 5.91 Å². The first-order valence-corrected chi connectivity index (χ1v) is 8.17. The zero-order valence-corrected chi connectivity index (χ0v) is 14.0.